The van der Waals surface area contributed by atoms with E-state index in [0.717, 1.165) is 51.9 Å². The van der Waals surface area contributed by atoms with E-state index in [9.17, 15) is 9.59 Å². The zero-order valence-corrected chi connectivity index (χ0v) is 18.9. The lowest BCUT2D eigenvalue weighted by Gasteiger charge is -2.32. The fraction of sp³-hybridized carbons (Fsp3) is 0.652. The van der Waals surface area contributed by atoms with E-state index in [2.05, 4.69) is 10.2 Å². The first-order valence-electron chi connectivity index (χ1n) is 11.1. The molecule has 8 nitrogen and oxygen atoms in total. The van der Waals surface area contributed by atoms with Gasteiger partial charge in [0.15, 0.2) is 11.5 Å². The number of likely N-dealkylation sites (tertiary alicyclic amines) is 2. The minimum atomic E-state index is -0.0550. The van der Waals surface area contributed by atoms with Crippen molar-refractivity contribution in [3.05, 3.63) is 12.1 Å². The molecular formula is C23H35N3O5. The number of hydrogen-bond acceptors (Lipinski definition) is 6. The largest absolute Gasteiger partial charge is 0.493 e. The van der Waals surface area contributed by atoms with Crippen LogP contribution >= 0.6 is 0 Å². The summed E-state index contributed by atoms with van der Waals surface area (Å²) in [7, 11) is 4.64. The summed E-state index contributed by atoms with van der Waals surface area (Å²) in [5, 5.41) is 2.92. The van der Waals surface area contributed by atoms with Crippen LogP contribution in [0.15, 0.2) is 12.1 Å². The number of nitrogens with one attached hydrogen (secondary N) is 1. The molecule has 3 rings (SSSR count). The van der Waals surface area contributed by atoms with E-state index in [1.807, 2.05) is 4.90 Å². The molecule has 2 heterocycles. The zero-order valence-electron chi connectivity index (χ0n) is 18.9. The van der Waals surface area contributed by atoms with Crippen molar-refractivity contribution < 1.29 is 23.8 Å². The number of benzene rings is 1. The van der Waals surface area contributed by atoms with Gasteiger partial charge in [-0.1, -0.05) is 0 Å². The van der Waals surface area contributed by atoms with Gasteiger partial charge in [0, 0.05) is 50.3 Å². The lowest BCUT2D eigenvalue weighted by atomic mass is 9.93. The van der Waals surface area contributed by atoms with Gasteiger partial charge in [-0.25, -0.2) is 0 Å². The van der Waals surface area contributed by atoms with Gasteiger partial charge in [-0.2, -0.15) is 0 Å². The standard InChI is InChI=1S/C23H35N3O5/c1-29-19-15-18(16-20(30-2)23(19)31-3)24-21(27)8-13-25-11-6-17(7-12-25)14-22(28)26-9-4-5-10-26/h15-17H,4-14H2,1-3H3,(H,24,27). The highest BCUT2D eigenvalue weighted by atomic mass is 16.5. The van der Waals surface area contributed by atoms with Gasteiger partial charge in [0.2, 0.25) is 17.6 Å². The molecule has 0 bridgehead atoms. The van der Waals surface area contributed by atoms with Gasteiger partial charge < -0.3 is 29.3 Å². The molecule has 0 saturated carbocycles. The van der Waals surface area contributed by atoms with Crippen molar-refractivity contribution in [2.45, 2.75) is 38.5 Å². The van der Waals surface area contributed by atoms with Crippen LogP contribution in [0.25, 0.3) is 0 Å². The molecule has 0 aliphatic carbocycles. The summed E-state index contributed by atoms with van der Waals surface area (Å²) in [6, 6.07) is 3.45. The number of carbonyl (C=O) groups excluding carboxylic acids is 2. The van der Waals surface area contributed by atoms with Crippen molar-refractivity contribution in [1.82, 2.24) is 9.80 Å². The summed E-state index contributed by atoms with van der Waals surface area (Å²) in [5.74, 6) is 2.23. The zero-order chi connectivity index (χ0) is 22.2. The third-order valence-corrected chi connectivity index (χ3v) is 6.23. The van der Waals surface area contributed by atoms with Crippen LogP contribution < -0.4 is 19.5 Å². The van der Waals surface area contributed by atoms with Crippen molar-refractivity contribution >= 4 is 17.5 Å². The number of piperidine rings is 1. The first-order valence-corrected chi connectivity index (χ1v) is 11.1. The number of hydrogen-bond donors (Lipinski definition) is 1. The monoisotopic (exact) mass is 433 g/mol. The van der Waals surface area contributed by atoms with Crippen LogP contribution in [0.2, 0.25) is 0 Å². The highest BCUT2D eigenvalue weighted by Gasteiger charge is 2.25. The molecule has 0 aromatic heterocycles. The van der Waals surface area contributed by atoms with Crippen LogP contribution in [0.3, 0.4) is 0 Å². The Morgan fingerprint density at radius 1 is 0.968 bits per heavy atom. The number of amides is 2. The van der Waals surface area contributed by atoms with Crippen LogP contribution in [0, 0.1) is 5.92 Å². The average molecular weight is 434 g/mol. The van der Waals surface area contributed by atoms with Gasteiger partial charge in [-0.05, 0) is 44.7 Å². The number of methoxy groups -OCH3 is 3. The summed E-state index contributed by atoms with van der Waals surface area (Å²) in [5.41, 5.74) is 0.610. The molecule has 2 saturated heterocycles. The Morgan fingerprint density at radius 3 is 2.13 bits per heavy atom. The van der Waals surface area contributed by atoms with E-state index in [1.54, 1.807) is 33.5 Å². The predicted octanol–water partition coefficient (Wildman–Crippen LogP) is 2.77. The van der Waals surface area contributed by atoms with Crippen LogP contribution in [0.4, 0.5) is 5.69 Å². The molecule has 0 unspecified atom stereocenters. The minimum absolute atomic E-state index is 0.0550. The summed E-state index contributed by atoms with van der Waals surface area (Å²) < 4.78 is 16.0. The van der Waals surface area contributed by atoms with E-state index in [4.69, 9.17) is 14.2 Å². The lowest BCUT2D eigenvalue weighted by Crippen LogP contribution is -2.38. The van der Waals surface area contributed by atoms with Crippen molar-refractivity contribution in [2.75, 3.05) is 59.4 Å². The Morgan fingerprint density at radius 2 is 1.58 bits per heavy atom. The Bertz CT molecular complexity index is 731. The van der Waals surface area contributed by atoms with Gasteiger partial charge in [0.1, 0.15) is 0 Å². The van der Waals surface area contributed by atoms with Gasteiger partial charge in [0.05, 0.1) is 21.3 Å². The topological polar surface area (TPSA) is 80.3 Å². The summed E-state index contributed by atoms with van der Waals surface area (Å²) in [6.07, 6.45) is 5.41. The maximum atomic E-state index is 12.5. The Labute approximate surface area is 184 Å². The molecule has 0 atom stereocenters. The van der Waals surface area contributed by atoms with E-state index in [1.165, 1.54) is 0 Å². The molecule has 1 aromatic carbocycles. The second-order valence-electron chi connectivity index (χ2n) is 8.29. The van der Waals surface area contributed by atoms with E-state index < -0.39 is 0 Å². The molecule has 2 aliphatic heterocycles. The second kappa shape index (κ2) is 11.2. The van der Waals surface area contributed by atoms with Crippen LogP contribution in [-0.4, -0.2) is 75.7 Å². The predicted molar refractivity (Wildman–Crippen MR) is 119 cm³/mol. The highest BCUT2D eigenvalue weighted by Crippen LogP contribution is 2.39. The summed E-state index contributed by atoms with van der Waals surface area (Å²) in [6.45, 7) is 4.45. The van der Waals surface area contributed by atoms with Crippen LogP contribution in [0.5, 0.6) is 17.2 Å². The molecule has 2 amide bonds. The highest BCUT2D eigenvalue weighted by molar-refractivity contribution is 5.91. The molecule has 1 N–H and O–H groups in total. The molecular weight excluding hydrogens is 398 g/mol. The molecule has 2 aliphatic rings. The second-order valence-corrected chi connectivity index (χ2v) is 8.29. The van der Waals surface area contributed by atoms with E-state index >= 15 is 0 Å². The molecule has 2 fully saturated rings. The third kappa shape index (κ3) is 6.26. The average Bonchev–Trinajstić information content (AvgIpc) is 3.33. The SMILES string of the molecule is COc1cc(NC(=O)CCN2CCC(CC(=O)N3CCCC3)CC2)cc(OC)c1OC. The molecule has 1 aromatic rings. The van der Waals surface area contributed by atoms with Crippen molar-refractivity contribution in [3.63, 3.8) is 0 Å². The Hall–Kier alpha value is -2.48. The maximum Gasteiger partial charge on any atom is 0.225 e. The fourth-order valence-corrected chi connectivity index (χ4v) is 4.39. The van der Waals surface area contributed by atoms with Gasteiger partial charge >= 0.3 is 0 Å². The number of nitrogens with zero attached hydrogens (tertiary/aromatic N) is 2. The van der Waals surface area contributed by atoms with Gasteiger partial charge in [0.25, 0.3) is 0 Å². The van der Waals surface area contributed by atoms with E-state index in [-0.39, 0.29) is 5.91 Å². The molecule has 0 radical (unpaired) electrons. The lowest BCUT2D eigenvalue weighted by molar-refractivity contribution is -0.131. The molecule has 8 heteroatoms. The summed E-state index contributed by atoms with van der Waals surface area (Å²) >= 11 is 0. The normalized spacial score (nSPS) is 17.5. The van der Waals surface area contributed by atoms with Crippen LogP contribution in [-0.2, 0) is 9.59 Å². The van der Waals surface area contributed by atoms with Crippen LogP contribution in [0.1, 0.15) is 38.5 Å². The van der Waals surface area contributed by atoms with Gasteiger partial charge in [-0.3, -0.25) is 9.59 Å². The quantitative estimate of drug-likeness (QED) is 0.645. The first-order chi connectivity index (χ1) is 15.0. The Balaban J connectivity index is 1.42. The van der Waals surface area contributed by atoms with Crippen molar-refractivity contribution in [3.8, 4) is 17.2 Å². The number of anilines is 1. The number of rotatable bonds is 9. The van der Waals surface area contributed by atoms with Crippen molar-refractivity contribution in [2.24, 2.45) is 5.92 Å². The van der Waals surface area contributed by atoms with Gasteiger partial charge in [-0.15, -0.1) is 0 Å². The number of ether oxygens (including phenoxy) is 3. The van der Waals surface area contributed by atoms with E-state index in [0.29, 0.717) is 54.1 Å². The summed E-state index contributed by atoms with van der Waals surface area (Å²) in [4.78, 5) is 29.1. The maximum absolute atomic E-state index is 12.5. The molecule has 0 spiro atoms. The first kappa shape index (κ1) is 23.2. The minimum Gasteiger partial charge on any atom is -0.493 e. The molecule has 31 heavy (non-hydrogen) atoms. The molecule has 172 valence electrons. The third-order valence-electron chi connectivity index (χ3n) is 6.23. The Kier molecular flexibility index (Phi) is 8.40. The van der Waals surface area contributed by atoms with Crippen molar-refractivity contribution in [1.29, 1.82) is 0 Å². The fourth-order valence-electron chi connectivity index (χ4n) is 4.39. The smallest absolute Gasteiger partial charge is 0.225 e. The number of carbonyl (C=O) groups is 2.